The van der Waals surface area contributed by atoms with Crippen LogP contribution >= 0.6 is 23.1 Å². The van der Waals surface area contributed by atoms with E-state index in [0.29, 0.717) is 5.92 Å². The highest BCUT2D eigenvalue weighted by molar-refractivity contribution is 8.01. The van der Waals surface area contributed by atoms with Gasteiger partial charge in [0.25, 0.3) is 0 Å². The van der Waals surface area contributed by atoms with Crippen LogP contribution < -0.4 is 5.73 Å². The number of hydrogen-bond donors (Lipinski definition) is 1. The van der Waals surface area contributed by atoms with Crippen LogP contribution in [0.5, 0.6) is 0 Å². The van der Waals surface area contributed by atoms with Crippen molar-refractivity contribution in [2.75, 3.05) is 12.3 Å². The van der Waals surface area contributed by atoms with Crippen LogP contribution in [0.1, 0.15) is 6.92 Å². The fourth-order valence-electron chi connectivity index (χ4n) is 0.563. The monoisotopic (exact) mass is 188 g/mol. The minimum Gasteiger partial charge on any atom is -0.330 e. The van der Waals surface area contributed by atoms with Crippen LogP contribution in [0.3, 0.4) is 0 Å². The molecule has 0 aliphatic carbocycles. The molecule has 0 saturated carbocycles. The van der Waals surface area contributed by atoms with Gasteiger partial charge in [0, 0.05) is 17.3 Å². The maximum atomic E-state index is 5.48. The number of thiazole rings is 1. The third-order valence-electron chi connectivity index (χ3n) is 1.30. The third-order valence-corrected chi connectivity index (χ3v) is 3.60. The molecule has 4 heteroatoms. The predicted octanol–water partition coefficient (Wildman–Crippen LogP) is 1.83. The Morgan fingerprint density at radius 2 is 2.64 bits per heavy atom. The first-order chi connectivity index (χ1) is 5.33. The minimum atomic E-state index is 0.587. The lowest BCUT2D eigenvalue weighted by Crippen LogP contribution is -2.12. The molecule has 1 atom stereocenters. The molecule has 0 radical (unpaired) electrons. The second kappa shape index (κ2) is 4.74. The highest BCUT2D eigenvalue weighted by atomic mass is 32.2. The Labute approximate surface area is 75.2 Å². The molecule has 0 aliphatic rings. The van der Waals surface area contributed by atoms with Crippen molar-refractivity contribution in [2.24, 2.45) is 11.7 Å². The summed E-state index contributed by atoms with van der Waals surface area (Å²) in [6.45, 7) is 2.92. The van der Waals surface area contributed by atoms with Crippen molar-refractivity contribution in [3.8, 4) is 0 Å². The zero-order valence-corrected chi connectivity index (χ0v) is 8.12. The highest BCUT2D eigenvalue weighted by Gasteiger charge is 2.01. The van der Waals surface area contributed by atoms with Gasteiger partial charge in [0.15, 0.2) is 0 Å². The zero-order valence-electron chi connectivity index (χ0n) is 6.49. The minimum absolute atomic E-state index is 0.587. The summed E-state index contributed by atoms with van der Waals surface area (Å²) in [5, 5.41) is 2.00. The molecule has 62 valence electrons. The predicted molar refractivity (Wildman–Crippen MR) is 51.1 cm³/mol. The summed E-state index contributed by atoms with van der Waals surface area (Å²) in [6, 6.07) is 0. The molecule has 1 rings (SSSR count). The van der Waals surface area contributed by atoms with E-state index >= 15 is 0 Å². The second-order valence-electron chi connectivity index (χ2n) is 2.45. The van der Waals surface area contributed by atoms with Gasteiger partial charge in [-0.15, -0.1) is 11.3 Å². The molecule has 0 spiro atoms. The van der Waals surface area contributed by atoms with Crippen molar-refractivity contribution in [3.63, 3.8) is 0 Å². The van der Waals surface area contributed by atoms with Crippen LogP contribution in [0.4, 0.5) is 0 Å². The quantitative estimate of drug-likeness (QED) is 0.733. The Bertz CT molecular complexity index is 186. The van der Waals surface area contributed by atoms with E-state index in [2.05, 4.69) is 11.9 Å². The van der Waals surface area contributed by atoms with E-state index in [1.165, 1.54) is 0 Å². The van der Waals surface area contributed by atoms with Crippen LogP contribution in [0.25, 0.3) is 0 Å². The third kappa shape index (κ3) is 3.22. The first-order valence-electron chi connectivity index (χ1n) is 3.55. The summed E-state index contributed by atoms with van der Waals surface area (Å²) < 4.78 is 1.14. The van der Waals surface area contributed by atoms with Crippen molar-refractivity contribution in [1.82, 2.24) is 4.98 Å². The Morgan fingerprint density at radius 1 is 1.82 bits per heavy atom. The fourth-order valence-corrected chi connectivity index (χ4v) is 2.26. The summed E-state index contributed by atoms with van der Waals surface area (Å²) in [4.78, 5) is 4.16. The number of thioether (sulfide) groups is 1. The molecule has 2 nitrogen and oxygen atoms in total. The Balaban J connectivity index is 2.23. The largest absolute Gasteiger partial charge is 0.330 e. The van der Waals surface area contributed by atoms with Crippen molar-refractivity contribution in [2.45, 2.75) is 11.3 Å². The zero-order chi connectivity index (χ0) is 8.10. The number of nitrogens with zero attached hydrogens (tertiary/aromatic N) is 1. The number of hydrogen-bond acceptors (Lipinski definition) is 4. The van der Waals surface area contributed by atoms with Crippen molar-refractivity contribution >= 4 is 23.1 Å². The maximum absolute atomic E-state index is 5.48. The lowest BCUT2D eigenvalue weighted by Gasteiger charge is -2.04. The van der Waals surface area contributed by atoms with E-state index < -0.39 is 0 Å². The van der Waals surface area contributed by atoms with Gasteiger partial charge in [0.2, 0.25) is 0 Å². The van der Waals surface area contributed by atoms with Gasteiger partial charge in [0.05, 0.1) is 0 Å². The number of aromatic nitrogens is 1. The summed E-state index contributed by atoms with van der Waals surface area (Å²) in [5.41, 5.74) is 5.48. The van der Waals surface area contributed by atoms with E-state index in [1.807, 2.05) is 11.6 Å². The smallest absolute Gasteiger partial charge is 0.149 e. The molecule has 0 amide bonds. The number of rotatable bonds is 4. The van der Waals surface area contributed by atoms with Gasteiger partial charge in [-0.25, -0.2) is 4.98 Å². The lowest BCUT2D eigenvalue weighted by atomic mass is 10.2. The van der Waals surface area contributed by atoms with E-state index in [-0.39, 0.29) is 0 Å². The summed E-state index contributed by atoms with van der Waals surface area (Å²) in [6.07, 6.45) is 1.83. The van der Waals surface area contributed by atoms with Crippen LogP contribution in [-0.2, 0) is 0 Å². The van der Waals surface area contributed by atoms with Gasteiger partial charge in [-0.2, -0.15) is 0 Å². The average Bonchev–Trinajstić information content (AvgIpc) is 2.52. The van der Waals surface area contributed by atoms with Gasteiger partial charge in [-0.1, -0.05) is 18.7 Å². The van der Waals surface area contributed by atoms with Crippen molar-refractivity contribution < 1.29 is 0 Å². The maximum Gasteiger partial charge on any atom is 0.149 e. The van der Waals surface area contributed by atoms with Crippen LogP contribution in [0.2, 0.25) is 0 Å². The first kappa shape index (κ1) is 9.03. The molecule has 0 aromatic carbocycles. The lowest BCUT2D eigenvalue weighted by molar-refractivity contribution is 0.675. The van der Waals surface area contributed by atoms with Crippen LogP contribution in [-0.4, -0.2) is 17.3 Å². The normalized spacial score (nSPS) is 13.3. The summed E-state index contributed by atoms with van der Waals surface area (Å²) in [7, 11) is 0. The number of nitrogens with two attached hydrogens (primary N) is 1. The molecular formula is C7H12N2S2. The molecule has 0 saturated heterocycles. The topological polar surface area (TPSA) is 38.9 Å². The molecule has 0 aliphatic heterocycles. The molecule has 2 N–H and O–H groups in total. The average molecular weight is 188 g/mol. The van der Waals surface area contributed by atoms with Crippen molar-refractivity contribution in [1.29, 1.82) is 0 Å². The fraction of sp³-hybridized carbons (Fsp3) is 0.571. The second-order valence-corrected chi connectivity index (χ2v) is 4.61. The van der Waals surface area contributed by atoms with Gasteiger partial charge in [0.1, 0.15) is 4.34 Å². The van der Waals surface area contributed by atoms with Crippen molar-refractivity contribution in [3.05, 3.63) is 11.6 Å². The van der Waals surface area contributed by atoms with E-state index in [1.54, 1.807) is 23.1 Å². The van der Waals surface area contributed by atoms with E-state index in [4.69, 9.17) is 5.73 Å². The van der Waals surface area contributed by atoms with Gasteiger partial charge in [-0.05, 0) is 12.5 Å². The summed E-state index contributed by atoms with van der Waals surface area (Å²) in [5.74, 6) is 1.66. The molecule has 1 aromatic rings. The van der Waals surface area contributed by atoms with Crippen LogP contribution in [0, 0.1) is 5.92 Å². The molecule has 0 fully saturated rings. The Kier molecular flexibility index (Phi) is 3.90. The molecule has 1 heterocycles. The molecule has 1 unspecified atom stereocenters. The van der Waals surface area contributed by atoms with E-state index in [0.717, 1.165) is 16.6 Å². The Morgan fingerprint density at radius 3 is 3.18 bits per heavy atom. The molecule has 0 bridgehead atoms. The summed E-state index contributed by atoms with van der Waals surface area (Å²) >= 11 is 3.47. The molecule has 11 heavy (non-hydrogen) atoms. The highest BCUT2D eigenvalue weighted by Crippen LogP contribution is 2.21. The first-order valence-corrected chi connectivity index (χ1v) is 5.42. The van der Waals surface area contributed by atoms with Gasteiger partial charge in [-0.3, -0.25) is 0 Å². The standard InChI is InChI=1S/C7H12N2S2/c1-6(4-8)5-11-7-9-2-3-10-7/h2-3,6H,4-5,8H2,1H3. The van der Waals surface area contributed by atoms with Crippen LogP contribution in [0.15, 0.2) is 15.9 Å². The van der Waals surface area contributed by atoms with Gasteiger partial charge >= 0.3 is 0 Å². The van der Waals surface area contributed by atoms with Gasteiger partial charge < -0.3 is 5.73 Å². The Hall–Kier alpha value is -0.0600. The van der Waals surface area contributed by atoms with E-state index in [9.17, 15) is 0 Å². The SMILES string of the molecule is CC(CN)CSc1nccs1. The molecule has 1 aromatic heterocycles. The molecular weight excluding hydrogens is 176 g/mol.